The number of ether oxygens (including phenoxy) is 1. The Morgan fingerprint density at radius 3 is 1.82 bits per heavy atom. The molecular formula is C14H24O3. The van der Waals surface area contributed by atoms with E-state index in [0.717, 1.165) is 0 Å². The molecule has 3 heteroatoms. The van der Waals surface area contributed by atoms with E-state index < -0.39 is 23.9 Å². The van der Waals surface area contributed by atoms with E-state index in [-0.39, 0.29) is 10.8 Å². The second-order valence-corrected chi connectivity index (χ2v) is 7.08. The highest BCUT2D eigenvalue weighted by molar-refractivity contribution is 5.23. The summed E-state index contributed by atoms with van der Waals surface area (Å²) in [5.74, 6) is 2.33. The predicted octanol–water partition coefficient (Wildman–Crippen LogP) is 1.57. The zero-order valence-corrected chi connectivity index (χ0v) is 11.6. The van der Waals surface area contributed by atoms with E-state index in [1.165, 1.54) is 0 Å². The lowest BCUT2D eigenvalue weighted by atomic mass is 9.75. The number of hydrogen-bond donors (Lipinski definition) is 2. The van der Waals surface area contributed by atoms with Crippen LogP contribution in [0.2, 0.25) is 0 Å². The molecule has 3 nitrogen and oxygen atoms in total. The van der Waals surface area contributed by atoms with Gasteiger partial charge in [-0.05, 0) is 10.8 Å². The van der Waals surface area contributed by atoms with Gasteiger partial charge in [0.1, 0.15) is 12.2 Å². The normalized spacial score (nSPS) is 39.1. The molecule has 0 aromatic carbocycles. The van der Waals surface area contributed by atoms with E-state index >= 15 is 0 Å². The molecule has 0 bridgehead atoms. The molecule has 4 unspecified atom stereocenters. The van der Waals surface area contributed by atoms with Crippen LogP contribution in [0, 0.1) is 23.2 Å². The van der Waals surface area contributed by atoms with Crippen molar-refractivity contribution in [2.45, 2.75) is 65.5 Å². The molecule has 0 amide bonds. The third-order valence-corrected chi connectivity index (χ3v) is 3.29. The van der Waals surface area contributed by atoms with Crippen LogP contribution in [0.15, 0.2) is 0 Å². The molecule has 2 N–H and O–H groups in total. The summed E-state index contributed by atoms with van der Waals surface area (Å²) in [7, 11) is 0. The van der Waals surface area contributed by atoms with Crippen molar-refractivity contribution in [3.63, 3.8) is 0 Å². The highest BCUT2D eigenvalue weighted by Gasteiger charge is 2.60. The average molecular weight is 240 g/mol. The van der Waals surface area contributed by atoms with Crippen LogP contribution in [-0.4, -0.2) is 34.1 Å². The first-order chi connectivity index (χ1) is 7.44. The van der Waals surface area contributed by atoms with Gasteiger partial charge in [-0.15, -0.1) is 6.42 Å². The molecule has 0 spiro atoms. The minimum atomic E-state index is -1.61. The van der Waals surface area contributed by atoms with Gasteiger partial charge in [-0.1, -0.05) is 47.5 Å². The lowest BCUT2D eigenvalue weighted by Gasteiger charge is -2.34. The highest BCUT2D eigenvalue weighted by Crippen LogP contribution is 2.45. The zero-order chi connectivity index (χ0) is 13.6. The van der Waals surface area contributed by atoms with Crippen molar-refractivity contribution in [2.24, 2.45) is 10.8 Å². The molecule has 1 saturated heterocycles. The summed E-state index contributed by atoms with van der Waals surface area (Å²) in [6.45, 7) is 11.7. The number of rotatable bonds is 0. The molecule has 4 atom stereocenters. The predicted molar refractivity (Wildman–Crippen MR) is 67.4 cm³/mol. The minimum absolute atomic E-state index is 0.274. The average Bonchev–Trinajstić information content (AvgIpc) is 2.39. The van der Waals surface area contributed by atoms with Gasteiger partial charge < -0.3 is 14.9 Å². The van der Waals surface area contributed by atoms with Gasteiger partial charge in [0.15, 0.2) is 5.60 Å². The Labute approximate surface area is 104 Å². The van der Waals surface area contributed by atoms with Crippen LogP contribution in [0.25, 0.3) is 0 Å². The molecule has 1 aliphatic rings. The fraction of sp³-hybridized carbons (Fsp3) is 0.857. The van der Waals surface area contributed by atoms with E-state index in [4.69, 9.17) is 11.2 Å². The van der Waals surface area contributed by atoms with Crippen molar-refractivity contribution in [3.8, 4) is 12.3 Å². The van der Waals surface area contributed by atoms with Gasteiger partial charge in [0, 0.05) is 0 Å². The molecule has 0 aromatic rings. The zero-order valence-electron chi connectivity index (χ0n) is 11.6. The van der Waals surface area contributed by atoms with Crippen molar-refractivity contribution >= 4 is 0 Å². The number of hydrogen-bond acceptors (Lipinski definition) is 3. The molecule has 0 aromatic heterocycles. The second kappa shape index (κ2) is 3.98. The first-order valence-corrected chi connectivity index (χ1v) is 5.98. The second-order valence-electron chi connectivity index (χ2n) is 7.08. The van der Waals surface area contributed by atoms with Crippen LogP contribution in [0.5, 0.6) is 0 Å². The first-order valence-electron chi connectivity index (χ1n) is 5.98. The number of terminal acetylenes is 1. The van der Waals surface area contributed by atoms with E-state index in [9.17, 15) is 10.2 Å². The molecule has 1 fully saturated rings. The molecule has 17 heavy (non-hydrogen) atoms. The maximum absolute atomic E-state index is 10.5. The van der Waals surface area contributed by atoms with Gasteiger partial charge in [-0.25, -0.2) is 0 Å². The van der Waals surface area contributed by atoms with E-state index in [1.807, 2.05) is 41.5 Å². The summed E-state index contributed by atoms with van der Waals surface area (Å²) >= 11 is 0. The fourth-order valence-corrected chi connectivity index (χ4v) is 2.41. The van der Waals surface area contributed by atoms with Crippen LogP contribution in [0.4, 0.5) is 0 Å². The Kier molecular flexibility index (Phi) is 3.40. The van der Waals surface area contributed by atoms with Crippen molar-refractivity contribution < 1.29 is 14.9 Å². The molecule has 1 rings (SSSR count). The Hall–Kier alpha value is -0.560. The van der Waals surface area contributed by atoms with Crippen molar-refractivity contribution in [2.75, 3.05) is 0 Å². The smallest absolute Gasteiger partial charge is 0.180 e. The molecule has 0 saturated carbocycles. The van der Waals surface area contributed by atoms with E-state index in [0.29, 0.717) is 0 Å². The van der Waals surface area contributed by atoms with Gasteiger partial charge in [0.05, 0.1) is 6.10 Å². The molecule has 1 heterocycles. The summed E-state index contributed by atoms with van der Waals surface area (Å²) in [5, 5.41) is 20.7. The van der Waals surface area contributed by atoms with E-state index in [1.54, 1.807) is 0 Å². The fourth-order valence-electron chi connectivity index (χ4n) is 2.41. The summed E-state index contributed by atoms with van der Waals surface area (Å²) < 4.78 is 5.87. The molecule has 0 radical (unpaired) electrons. The molecular weight excluding hydrogens is 216 g/mol. The van der Waals surface area contributed by atoms with Gasteiger partial charge in [0.2, 0.25) is 0 Å². The quantitative estimate of drug-likeness (QED) is 0.632. The van der Waals surface area contributed by atoms with Gasteiger partial charge in [-0.3, -0.25) is 0 Å². The topological polar surface area (TPSA) is 49.7 Å². The lowest BCUT2D eigenvalue weighted by Crippen LogP contribution is -2.52. The van der Waals surface area contributed by atoms with Crippen LogP contribution < -0.4 is 0 Å². The monoisotopic (exact) mass is 240 g/mol. The van der Waals surface area contributed by atoms with Crippen LogP contribution in [0.3, 0.4) is 0 Å². The van der Waals surface area contributed by atoms with Crippen LogP contribution in [0.1, 0.15) is 41.5 Å². The SMILES string of the molecule is C#CC1(O)C(O)C(C(C)(C)C)OC1C(C)(C)C. The molecule has 98 valence electrons. The highest BCUT2D eigenvalue weighted by atomic mass is 16.6. The Bertz CT molecular complexity index is 329. The molecule has 0 aliphatic carbocycles. The van der Waals surface area contributed by atoms with Gasteiger partial charge in [-0.2, -0.15) is 0 Å². The van der Waals surface area contributed by atoms with Gasteiger partial charge >= 0.3 is 0 Å². The third-order valence-electron chi connectivity index (χ3n) is 3.29. The first kappa shape index (κ1) is 14.5. The van der Waals surface area contributed by atoms with Crippen LogP contribution >= 0.6 is 0 Å². The third kappa shape index (κ3) is 2.35. The van der Waals surface area contributed by atoms with Crippen LogP contribution in [-0.2, 0) is 4.74 Å². The van der Waals surface area contributed by atoms with Crippen molar-refractivity contribution in [1.82, 2.24) is 0 Å². The standard InChI is InChI=1S/C14H24O3/c1-8-14(16)9(15)10(12(2,3)4)17-11(14)13(5,6)7/h1,9-11,15-16H,2-7H3. The molecule has 1 aliphatic heterocycles. The maximum atomic E-state index is 10.5. The Morgan fingerprint density at radius 1 is 1.12 bits per heavy atom. The minimum Gasteiger partial charge on any atom is -0.386 e. The largest absolute Gasteiger partial charge is 0.386 e. The number of aliphatic hydroxyl groups excluding tert-OH is 1. The summed E-state index contributed by atoms with van der Waals surface area (Å²) in [6, 6.07) is 0. The summed E-state index contributed by atoms with van der Waals surface area (Å²) in [5.41, 5.74) is -2.22. The van der Waals surface area contributed by atoms with E-state index in [2.05, 4.69) is 5.92 Å². The maximum Gasteiger partial charge on any atom is 0.180 e. The van der Waals surface area contributed by atoms with Gasteiger partial charge in [0.25, 0.3) is 0 Å². The Morgan fingerprint density at radius 2 is 1.59 bits per heavy atom. The van der Waals surface area contributed by atoms with Crippen molar-refractivity contribution in [1.29, 1.82) is 0 Å². The Balaban J connectivity index is 3.17. The summed E-state index contributed by atoms with van der Waals surface area (Å²) in [6.07, 6.45) is 3.32. The number of aliphatic hydroxyl groups is 2. The lowest BCUT2D eigenvalue weighted by molar-refractivity contribution is -0.0938. The van der Waals surface area contributed by atoms with Crippen molar-refractivity contribution in [3.05, 3.63) is 0 Å². The summed E-state index contributed by atoms with van der Waals surface area (Å²) in [4.78, 5) is 0.